The summed E-state index contributed by atoms with van der Waals surface area (Å²) in [6.45, 7) is 0. The molecule has 0 aliphatic heterocycles. The van der Waals surface area contributed by atoms with Gasteiger partial charge in [-0.3, -0.25) is 4.79 Å². The lowest BCUT2D eigenvalue weighted by Crippen LogP contribution is -2.19. The average Bonchev–Trinajstić information content (AvgIpc) is 2.86. The van der Waals surface area contributed by atoms with Crippen molar-refractivity contribution in [2.75, 3.05) is 0 Å². The van der Waals surface area contributed by atoms with Gasteiger partial charge in [0.05, 0.1) is 0 Å². The highest BCUT2D eigenvalue weighted by Crippen LogP contribution is 2.22. The monoisotopic (exact) mass is 360 g/mol. The van der Waals surface area contributed by atoms with Crippen LogP contribution in [0.3, 0.4) is 0 Å². The Morgan fingerprint density at radius 3 is 2.58 bits per heavy atom. The first kappa shape index (κ1) is 12.6. The molecule has 94 valence electrons. The quantitative estimate of drug-likeness (QED) is 0.660. The number of ketones is 1. The number of fused-ring (bicyclic) bond motifs is 5. The Hall–Kier alpha value is -1.42. The van der Waals surface area contributed by atoms with E-state index in [0.29, 0.717) is 6.42 Å². The fourth-order valence-electron chi connectivity index (χ4n) is 3.01. The molecule has 2 aliphatic carbocycles. The molecule has 0 fully saturated rings. The first-order valence-corrected chi connectivity index (χ1v) is 6.30. The lowest BCUT2D eigenvalue weighted by atomic mass is 9.91. The molecule has 0 aromatic heterocycles. The fraction of sp³-hybridized carbons (Fsp3) is 0.118. The lowest BCUT2D eigenvalue weighted by molar-refractivity contribution is -0.113. The molecule has 0 N–H and O–H groups in total. The predicted octanol–water partition coefficient (Wildman–Crippen LogP) is 2.56. The lowest BCUT2D eigenvalue weighted by Gasteiger charge is -2.12. The number of carbonyl (C=O) groups is 1. The predicted molar refractivity (Wildman–Crippen MR) is 89.9 cm³/mol. The second kappa shape index (κ2) is 4.60. The molecule has 0 saturated carbocycles. The number of allylic oxidation sites excluding steroid dienone is 1. The van der Waals surface area contributed by atoms with Gasteiger partial charge in [0.1, 0.15) is 0 Å². The largest absolute Gasteiger partial charge is 0.295 e. The summed E-state index contributed by atoms with van der Waals surface area (Å²) in [6, 6.07) is 8.60. The number of hydrogen-bond donors (Lipinski definition) is 0. The average molecular weight is 360 g/mol. The number of carbonyl (C=O) groups excluding carboxylic acids is 1. The summed E-state index contributed by atoms with van der Waals surface area (Å²) < 4.78 is 0. The van der Waals surface area contributed by atoms with Crippen LogP contribution in [0.15, 0.2) is 30.3 Å². The summed E-state index contributed by atoms with van der Waals surface area (Å²) in [4.78, 5) is 11.5. The molecule has 0 heterocycles. The number of rotatable bonds is 0. The molecule has 0 atom stereocenters. The fourth-order valence-corrected chi connectivity index (χ4v) is 3.01. The summed E-state index contributed by atoms with van der Waals surface area (Å²) in [5.41, 5.74) is 2.64. The van der Waals surface area contributed by atoms with Crippen molar-refractivity contribution >= 4 is 58.8 Å². The Labute approximate surface area is 128 Å². The van der Waals surface area contributed by atoms with E-state index in [9.17, 15) is 4.79 Å². The molecule has 2 aromatic rings. The Bertz CT molecular complexity index is 844. The van der Waals surface area contributed by atoms with Gasteiger partial charge in [0, 0.05) is 6.42 Å². The molecule has 2 heteroatoms. The normalized spacial score (nSPS) is 15.3. The molecule has 0 spiro atoms. The maximum atomic E-state index is 11.5. The van der Waals surface area contributed by atoms with Crippen molar-refractivity contribution in [2.45, 2.75) is 12.8 Å². The Morgan fingerprint density at radius 1 is 0.895 bits per heavy atom. The molecule has 2 aliphatic rings. The van der Waals surface area contributed by atoms with Crippen LogP contribution in [-0.4, -0.2) is 5.78 Å². The maximum Gasteiger partial charge on any atom is 0.156 e. The summed E-state index contributed by atoms with van der Waals surface area (Å²) in [7, 11) is 0. The van der Waals surface area contributed by atoms with Gasteiger partial charge < -0.3 is 0 Å². The van der Waals surface area contributed by atoms with Crippen molar-refractivity contribution in [3.8, 4) is 0 Å². The van der Waals surface area contributed by atoms with E-state index in [1.807, 2.05) is 0 Å². The van der Waals surface area contributed by atoms with E-state index in [1.54, 1.807) is 6.08 Å². The van der Waals surface area contributed by atoms with E-state index < -0.39 is 0 Å². The molecule has 0 saturated heterocycles. The molecular weight excluding hydrogens is 347 g/mol. The molecule has 2 aromatic carbocycles. The van der Waals surface area contributed by atoms with Crippen molar-refractivity contribution in [3.05, 3.63) is 51.9 Å². The van der Waals surface area contributed by atoms with Gasteiger partial charge in [0.15, 0.2) is 5.78 Å². The molecule has 1 nitrogen and oxygen atoms in total. The van der Waals surface area contributed by atoms with Gasteiger partial charge in [-0.15, -0.1) is 24.0 Å². The third kappa shape index (κ3) is 1.86. The van der Waals surface area contributed by atoms with Crippen LogP contribution in [0, 0.1) is 0 Å². The van der Waals surface area contributed by atoms with Gasteiger partial charge in [-0.05, 0) is 44.8 Å². The molecule has 19 heavy (non-hydrogen) atoms. The summed E-state index contributed by atoms with van der Waals surface area (Å²) >= 11 is 0. The van der Waals surface area contributed by atoms with Crippen molar-refractivity contribution in [2.24, 2.45) is 0 Å². The second-order valence-electron chi connectivity index (χ2n) is 4.93. The first-order valence-electron chi connectivity index (χ1n) is 6.30. The van der Waals surface area contributed by atoms with E-state index in [1.165, 1.54) is 27.1 Å². The smallest absolute Gasteiger partial charge is 0.156 e. The molecule has 4 rings (SSSR count). The van der Waals surface area contributed by atoms with Gasteiger partial charge in [0.25, 0.3) is 0 Å². The zero-order valence-corrected chi connectivity index (χ0v) is 12.7. The van der Waals surface area contributed by atoms with Crippen molar-refractivity contribution in [3.63, 3.8) is 0 Å². The highest BCUT2D eigenvalue weighted by molar-refractivity contribution is 14.0. The number of Topliss-reactive ketones (excluding diaryl/α,β-unsaturated/α-hetero) is 1. The Balaban J connectivity index is 0.00000110. The van der Waals surface area contributed by atoms with E-state index in [0.717, 1.165) is 11.6 Å². The van der Waals surface area contributed by atoms with Crippen LogP contribution in [0.5, 0.6) is 0 Å². The van der Waals surface area contributed by atoms with E-state index >= 15 is 0 Å². The minimum absolute atomic E-state index is 0. The minimum Gasteiger partial charge on any atom is -0.295 e. The van der Waals surface area contributed by atoms with Gasteiger partial charge >= 0.3 is 0 Å². The second-order valence-corrected chi connectivity index (χ2v) is 4.93. The van der Waals surface area contributed by atoms with Crippen LogP contribution in [0.25, 0.3) is 29.0 Å². The number of hydrogen-bond acceptors (Lipinski definition) is 1. The minimum atomic E-state index is 0. The third-order valence-electron chi connectivity index (χ3n) is 3.90. The number of benzene rings is 2. The van der Waals surface area contributed by atoms with E-state index in [4.69, 9.17) is 0 Å². The van der Waals surface area contributed by atoms with Gasteiger partial charge in [-0.25, -0.2) is 0 Å². The summed E-state index contributed by atoms with van der Waals surface area (Å²) in [6.07, 6.45) is 9.71. The standard InChI is InChI=1S/C17H12O.HI/c18-13-6-9-15-12(10-13)5-8-16-14-3-1-2-11(14)4-7-17(15)16;/h1-5,7-8,10H,6,9H2;1H. The highest BCUT2D eigenvalue weighted by atomic mass is 127. The van der Waals surface area contributed by atoms with Crippen LogP contribution < -0.4 is 10.4 Å². The molecule has 0 radical (unpaired) electrons. The molecular formula is C17H13IO. The van der Waals surface area contributed by atoms with Crippen LogP contribution in [0.2, 0.25) is 0 Å². The SMILES string of the molecule is I.O=C1C=c2ccc3c4c(ccc3c2CC1)=CC=C4. The molecule has 0 bridgehead atoms. The summed E-state index contributed by atoms with van der Waals surface area (Å²) in [5, 5.41) is 5.00. The Kier molecular flexibility index (Phi) is 3.05. The van der Waals surface area contributed by atoms with Crippen molar-refractivity contribution in [1.82, 2.24) is 0 Å². The van der Waals surface area contributed by atoms with Crippen LogP contribution in [0.4, 0.5) is 0 Å². The van der Waals surface area contributed by atoms with Gasteiger partial charge in [-0.1, -0.05) is 42.5 Å². The first-order chi connectivity index (χ1) is 8.83. The topological polar surface area (TPSA) is 17.1 Å². The number of aryl methyl sites for hydroxylation is 1. The third-order valence-corrected chi connectivity index (χ3v) is 3.90. The summed E-state index contributed by atoms with van der Waals surface area (Å²) in [5.74, 6) is 0.247. The van der Waals surface area contributed by atoms with Gasteiger partial charge in [0.2, 0.25) is 0 Å². The van der Waals surface area contributed by atoms with E-state index in [-0.39, 0.29) is 29.8 Å². The van der Waals surface area contributed by atoms with Crippen molar-refractivity contribution < 1.29 is 4.79 Å². The number of halogens is 1. The van der Waals surface area contributed by atoms with Crippen LogP contribution in [0.1, 0.15) is 17.5 Å². The van der Waals surface area contributed by atoms with Crippen molar-refractivity contribution in [1.29, 1.82) is 0 Å². The zero-order valence-electron chi connectivity index (χ0n) is 10.3. The van der Waals surface area contributed by atoms with E-state index in [2.05, 4.69) is 42.5 Å². The highest BCUT2D eigenvalue weighted by Gasteiger charge is 2.13. The molecule has 0 amide bonds. The molecule has 0 unspecified atom stereocenters. The van der Waals surface area contributed by atoms with Crippen LogP contribution >= 0.6 is 24.0 Å². The zero-order chi connectivity index (χ0) is 12.1. The van der Waals surface area contributed by atoms with Crippen LogP contribution in [-0.2, 0) is 11.2 Å². The maximum absolute atomic E-state index is 11.5. The Morgan fingerprint density at radius 2 is 1.68 bits per heavy atom. The van der Waals surface area contributed by atoms with Gasteiger partial charge in [-0.2, -0.15) is 0 Å².